The van der Waals surface area contributed by atoms with Crippen molar-refractivity contribution in [2.75, 3.05) is 13.1 Å². The van der Waals surface area contributed by atoms with Gasteiger partial charge in [-0.25, -0.2) is 0 Å². The molecule has 1 amide bonds. The van der Waals surface area contributed by atoms with Crippen molar-refractivity contribution in [2.24, 2.45) is 0 Å². The van der Waals surface area contributed by atoms with Crippen LogP contribution in [0, 0.1) is 6.92 Å². The maximum Gasteiger partial charge on any atom is 0.256 e. The smallest absolute Gasteiger partial charge is 0.256 e. The Morgan fingerprint density at radius 2 is 2.30 bits per heavy atom. The van der Waals surface area contributed by atoms with E-state index in [2.05, 4.69) is 15.3 Å². The van der Waals surface area contributed by atoms with Crippen LogP contribution in [0.4, 0.5) is 0 Å². The van der Waals surface area contributed by atoms with Gasteiger partial charge in [-0.05, 0) is 43.5 Å². The molecule has 1 aromatic carbocycles. The molecule has 6 nitrogen and oxygen atoms in total. The number of aromatic nitrogens is 4. The van der Waals surface area contributed by atoms with Crippen LogP contribution >= 0.6 is 0 Å². The highest BCUT2D eigenvalue weighted by Crippen LogP contribution is 2.25. The van der Waals surface area contributed by atoms with Crippen molar-refractivity contribution < 1.29 is 4.79 Å². The maximum atomic E-state index is 13.0. The summed E-state index contributed by atoms with van der Waals surface area (Å²) in [6.45, 7) is 3.50. The van der Waals surface area contributed by atoms with Crippen LogP contribution in [0.5, 0.6) is 0 Å². The highest BCUT2D eigenvalue weighted by Gasteiger charge is 2.27. The molecule has 1 fully saturated rings. The SMILES string of the molecule is Cc1cc(C(=O)N2CCCC(n3cccn3)C2)c2[nH]ncc2c1. The van der Waals surface area contributed by atoms with Crippen molar-refractivity contribution in [3.05, 3.63) is 47.9 Å². The second kappa shape index (κ2) is 5.53. The number of aromatic amines is 1. The van der Waals surface area contributed by atoms with Gasteiger partial charge in [0.05, 0.1) is 23.3 Å². The number of rotatable bonds is 2. The van der Waals surface area contributed by atoms with E-state index in [9.17, 15) is 4.79 Å². The number of carbonyl (C=O) groups excluding carboxylic acids is 1. The first-order valence-corrected chi connectivity index (χ1v) is 7.94. The lowest BCUT2D eigenvalue weighted by atomic mass is 10.0. The molecule has 3 heterocycles. The number of nitrogens with one attached hydrogen (secondary N) is 1. The molecule has 2 aromatic heterocycles. The number of hydrogen-bond acceptors (Lipinski definition) is 3. The molecule has 118 valence electrons. The quantitative estimate of drug-likeness (QED) is 0.791. The van der Waals surface area contributed by atoms with Gasteiger partial charge in [-0.1, -0.05) is 0 Å². The summed E-state index contributed by atoms with van der Waals surface area (Å²) in [6.07, 6.45) is 7.57. The van der Waals surface area contributed by atoms with Gasteiger partial charge in [0.25, 0.3) is 5.91 Å². The van der Waals surface area contributed by atoms with Crippen molar-refractivity contribution in [3.8, 4) is 0 Å². The first-order chi connectivity index (χ1) is 11.2. The Bertz CT molecular complexity index is 836. The van der Waals surface area contributed by atoms with Gasteiger partial charge in [0.1, 0.15) is 0 Å². The number of nitrogens with zero attached hydrogens (tertiary/aromatic N) is 4. The summed E-state index contributed by atoms with van der Waals surface area (Å²) in [4.78, 5) is 15.0. The Morgan fingerprint density at radius 3 is 3.13 bits per heavy atom. The summed E-state index contributed by atoms with van der Waals surface area (Å²) in [6, 6.07) is 6.17. The highest BCUT2D eigenvalue weighted by molar-refractivity contribution is 6.05. The number of hydrogen-bond donors (Lipinski definition) is 1. The van der Waals surface area contributed by atoms with Crippen LogP contribution in [0.3, 0.4) is 0 Å². The van der Waals surface area contributed by atoms with Gasteiger partial charge in [0.2, 0.25) is 0 Å². The molecular weight excluding hydrogens is 290 g/mol. The molecule has 1 unspecified atom stereocenters. The fourth-order valence-electron chi connectivity index (χ4n) is 3.40. The monoisotopic (exact) mass is 309 g/mol. The molecule has 1 aliphatic rings. The third-order valence-electron chi connectivity index (χ3n) is 4.51. The zero-order valence-electron chi connectivity index (χ0n) is 13.1. The van der Waals surface area contributed by atoms with E-state index in [1.54, 1.807) is 12.4 Å². The Hall–Kier alpha value is -2.63. The topological polar surface area (TPSA) is 66.8 Å². The van der Waals surface area contributed by atoms with Gasteiger partial charge in [0.15, 0.2) is 0 Å². The van der Waals surface area contributed by atoms with E-state index in [1.165, 1.54) is 0 Å². The molecule has 1 saturated heterocycles. The van der Waals surface area contributed by atoms with Gasteiger partial charge in [-0.15, -0.1) is 0 Å². The van der Waals surface area contributed by atoms with Crippen LogP contribution < -0.4 is 0 Å². The summed E-state index contributed by atoms with van der Waals surface area (Å²) in [5.41, 5.74) is 2.60. The van der Waals surface area contributed by atoms with Crippen LogP contribution in [-0.2, 0) is 0 Å². The van der Waals surface area contributed by atoms with E-state index in [1.807, 2.05) is 40.9 Å². The van der Waals surface area contributed by atoms with E-state index in [0.29, 0.717) is 12.1 Å². The van der Waals surface area contributed by atoms with E-state index in [-0.39, 0.29) is 11.9 Å². The Labute approximate surface area is 134 Å². The second-order valence-electron chi connectivity index (χ2n) is 6.18. The summed E-state index contributed by atoms with van der Waals surface area (Å²) in [5.74, 6) is 0.0693. The van der Waals surface area contributed by atoms with E-state index in [0.717, 1.165) is 35.9 Å². The minimum atomic E-state index is 0.0693. The fraction of sp³-hybridized carbons (Fsp3) is 0.353. The molecular formula is C17H19N5O. The zero-order chi connectivity index (χ0) is 15.8. The summed E-state index contributed by atoms with van der Waals surface area (Å²) < 4.78 is 1.96. The standard InChI is InChI=1S/C17H19N5O/c1-12-8-13-10-18-20-16(13)15(9-12)17(23)21-6-2-4-14(11-21)22-7-3-5-19-22/h3,5,7-10,14H,2,4,6,11H2,1H3,(H,18,20). The molecule has 1 aliphatic heterocycles. The predicted octanol–water partition coefficient (Wildman–Crippen LogP) is 2.55. The summed E-state index contributed by atoms with van der Waals surface area (Å²) in [5, 5.41) is 12.3. The third-order valence-corrected chi connectivity index (χ3v) is 4.51. The average Bonchev–Trinajstić information content (AvgIpc) is 3.24. The first kappa shape index (κ1) is 14.0. The lowest BCUT2D eigenvalue weighted by molar-refractivity contribution is 0.0674. The number of piperidine rings is 1. The van der Waals surface area contributed by atoms with E-state index < -0.39 is 0 Å². The van der Waals surface area contributed by atoms with Gasteiger partial charge >= 0.3 is 0 Å². The van der Waals surface area contributed by atoms with E-state index >= 15 is 0 Å². The van der Waals surface area contributed by atoms with E-state index in [4.69, 9.17) is 0 Å². The maximum absolute atomic E-state index is 13.0. The molecule has 3 aromatic rings. The van der Waals surface area contributed by atoms with Crippen LogP contribution in [0.25, 0.3) is 10.9 Å². The highest BCUT2D eigenvalue weighted by atomic mass is 16.2. The predicted molar refractivity (Wildman–Crippen MR) is 87.2 cm³/mol. The number of likely N-dealkylation sites (tertiary alicyclic amines) is 1. The van der Waals surface area contributed by atoms with Gasteiger partial charge < -0.3 is 4.90 Å². The van der Waals surface area contributed by atoms with Crippen LogP contribution in [0.1, 0.15) is 34.8 Å². The van der Waals surface area contributed by atoms with Crippen LogP contribution in [0.15, 0.2) is 36.8 Å². The molecule has 0 spiro atoms. The van der Waals surface area contributed by atoms with Gasteiger partial charge in [-0.3, -0.25) is 14.6 Å². The van der Waals surface area contributed by atoms with Crippen molar-refractivity contribution >= 4 is 16.8 Å². The number of aryl methyl sites for hydroxylation is 1. The lowest BCUT2D eigenvalue weighted by Crippen LogP contribution is -2.41. The minimum Gasteiger partial charge on any atom is -0.336 e. The Balaban J connectivity index is 1.64. The van der Waals surface area contributed by atoms with Crippen molar-refractivity contribution in [1.29, 1.82) is 0 Å². The average molecular weight is 309 g/mol. The molecule has 0 saturated carbocycles. The normalized spacial score (nSPS) is 18.5. The lowest BCUT2D eigenvalue weighted by Gasteiger charge is -2.33. The second-order valence-corrected chi connectivity index (χ2v) is 6.18. The van der Waals surface area contributed by atoms with Crippen LogP contribution in [0.2, 0.25) is 0 Å². The van der Waals surface area contributed by atoms with Crippen molar-refractivity contribution in [3.63, 3.8) is 0 Å². The van der Waals surface area contributed by atoms with Crippen molar-refractivity contribution in [2.45, 2.75) is 25.8 Å². The molecule has 1 atom stereocenters. The molecule has 0 aliphatic carbocycles. The molecule has 1 N–H and O–H groups in total. The molecule has 4 rings (SSSR count). The zero-order valence-corrected chi connectivity index (χ0v) is 13.1. The summed E-state index contributed by atoms with van der Waals surface area (Å²) in [7, 11) is 0. The molecule has 23 heavy (non-hydrogen) atoms. The molecule has 0 bridgehead atoms. The fourth-order valence-corrected chi connectivity index (χ4v) is 3.40. The third kappa shape index (κ3) is 2.50. The number of carbonyl (C=O) groups is 1. The number of amides is 1. The van der Waals surface area contributed by atoms with Gasteiger partial charge in [-0.2, -0.15) is 10.2 Å². The van der Waals surface area contributed by atoms with Gasteiger partial charge in [0, 0.05) is 30.9 Å². The minimum absolute atomic E-state index is 0.0693. The molecule has 0 radical (unpaired) electrons. The number of fused-ring (bicyclic) bond motifs is 1. The summed E-state index contributed by atoms with van der Waals surface area (Å²) >= 11 is 0. The molecule has 6 heteroatoms. The Kier molecular flexibility index (Phi) is 3.37. The number of H-pyrrole nitrogens is 1. The van der Waals surface area contributed by atoms with Crippen LogP contribution in [-0.4, -0.2) is 43.9 Å². The Morgan fingerprint density at radius 1 is 1.39 bits per heavy atom. The first-order valence-electron chi connectivity index (χ1n) is 7.94. The van der Waals surface area contributed by atoms with Crippen molar-refractivity contribution in [1.82, 2.24) is 24.9 Å². The number of benzene rings is 1. The largest absolute Gasteiger partial charge is 0.336 e.